The Labute approximate surface area is 155 Å². The van der Waals surface area contributed by atoms with Crippen LogP contribution in [0.15, 0.2) is 4.99 Å². The summed E-state index contributed by atoms with van der Waals surface area (Å²) in [6.45, 7) is 4.17. The van der Waals surface area contributed by atoms with Gasteiger partial charge in [0.1, 0.15) is 0 Å². The van der Waals surface area contributed by atoms with Crippen molar-refractivity contribution in [3.8, 4) is 0 Å². The molecule has 3 fully saturated rings. The summed E-state index contributed by atoms with van der Waals surface area (Å²) in [5, 5.41) is 13.9. The molecule has 2 aliphatic heterocycles. The molecule has 1 saturated carbocycles. The number of nitrogens with zero attached hydrogens (tertiary/aromatic N) is 2. The quantitative estimate of drug-likeness (QED) is 0.558. The molecule has 0 radical (unpaired) electrons. The van der Waals surface area contributed by atoms with Crippen LogP contribution in [0.2, 0.25) is 0 Å². The summed E-state index contributed by atoms with van der Waals surface area (Å²) >= 11 is 1.77. The maximum Gasteiger partial charge on any atom is 0.194 e. The van der Waals surface area contributed by atoms with Crippen LogP contribution in [0.1, 0.15) is 45.4 Å². The van der Waals surface area contributed by atoms with E-state index >= 15 is 0 Å². The second-order valence-electron chi connectivity index (χ2n) is 7.68. The summed E-state index contributed by atoms with van der Waals surface area (Å²) in [5.74, 6) is 2.67. The number of hydrogen-bond donors (Lipinski definition) is 2. The third-order valence-electron chi connectivity index (χ3n) is 5.77. The summed E-state index contributed by atoms with van der Waals surface area (Å²) in [6.07, 6.45) is 5.45. The molecule has 2 saturated heterocycles. The highest BCUT2D eigenvalue weighted by atomic mass is 32.2. The Balaban J connectivity index is 1.77. The topological polar surface area (TPSA) is 82.0 Å². The van der Waals surface area contributed by atoms with Gasteiger partial charge < -0.3 is 15.3 Å². The molecule has 1 atom stereocenters. The van der Waals surface area contributed by atoms with Crippen LogP contribution >= 0.6 is 11.8 Å². The molecular weight excluding hydrogens is 358 g/mol. The number of hydrogen-bond acceptors (Lipinski definition) is 5. The van der Waals surface area contributed by atoms with E-state index < -0.39 is 20.2 Å². The second-order valence-corrected chi connectivity index (χ2v) is 11.3. The van der Waals surface area contributed by atoms with E-state index in [1.807, 2.05) is 6.92 Å². The Hall–Kier alpha value is -0.470. The van der Waals surface area contributed by atoms with Crippen molar-refractivity contribution >= 4 is 27.6 Å². The first-order valence-corrected chi connectivity index (χ1v) is 12.3. The predicted molar refractivity (Wildman–Crippen MR) is 104 cm³/mol. The fourth-order valence-corrected chi connectivity index (χ4v) is 7.63. The van der Waals surface area contributed by atoms with Crippen LogP contribution < -0.4 is 5.32 Å². The zero-order valence-electron chi connectivity index (χ0n) is 15.2. The van der Waals surface area contributed by atoms with E-state index in [2.05, 4.69) is 15.2 Å². The van der Waals surface area contributed by atoms with Crippen LogP contribution in [0.4, 0.5) is 0 Å². The van der Waals surface area contributed by atoms with Gasteiger partial charge in [-0.3, -0.25) is 4.99 Å². The fourth-order valence-electron chi connectivity index (χ4n) is 4.19. The Morgan fingerprint density at radius 1 is 1.28 bits per heavy atom. The molecule has 0 aromatic carbocycles. The highest BCUT2D eigenvalue weighted by Gasteiger charge is 2.48. The summed E-state index contributed by atoms with van der Waals surface area (Å²) in [4.78, 5) is 6.80. The van der Waals surface area contributed by atoms with Gasteiger partial charge in [-0.1, -0.05) is 19.3 Å². The number of aliphatic hydroxyl groups is 1. The van der Waals surface area contributed by atoms with Crippen LogP contribution in [0.25, 0.3) is 0 Å². The van der Waals surface area contributed by atoms with Gasteiger partial charge in [-0.05, 0) is 31.9 Å². The molecule has 25 heavy (non-hydrogen) atoms. The molecular formula is C17H31N3O3S2. The van der Waals surface area contributed by atoms with Crippen LogP contribution in [-0.2, 0) is 9.84 Å². The third kappa shape index (κ3) is 4.11. The Kier molecular flexibility index (Phi) is 5.90. The maximum atomic E-state index is 12.8. The first-order chi connectivity index (χ1) is 11.9. The zero-order valence-corrected chi connectivity index (χ0v) is 16.8. The molecule has 0 amide bonds. The van der Waals surface area contributed by atoms with Gasteiger partial charge in [0, 0.05) is 25.4 Å². The van der Waals surface area contributed by atoms with Gasteiger partial charge in [0.25, 0.3) is 0 Å². The standard InChI is InChI=1S/C17H31N3O3S2/c1-2-18-15(19-12-16(21)8-10-24-14-16)20-9-11-25(22,23)17(13-20)6-4-3-5-7-17/h21H,2-14H2,1H3,(H,18,19). The number of thioether (sulfide) groups is 1. The van der Waals surface area contributed by atoms with Crippen LogP contribution in [0.3, 0.4) is 0 Å². The Morgan fingerprint density at radius 2 is 2.04 bits per heavy atom. The molecule has 0 bridgehead atoms. The van der Waals surface area contributed by atoms with E-state index in [1.165, 1.54) is 0 Å². The molecule has 144 valence electrons. The summed E-state index contributed by atoms with van der Waals surface area (Å²) < 4.78 is 24.9. The van der Waals surface area contributed by atoms with Crippen molar-refractivity contribution in [1.82, 2.24) is 10.2 Å². The summed E-state index contributed by atoms with van der Waals surface area (Å²) in [7, 11) is -3.05. The highest BCUT2D eigenvalue weighted by molar-refractivity contribution is 7.99. The lowest BCUT2D eigenvalue weighted by molar-refractivity contribution is 0.0775. The van der Waals surface area contributed by atoms with Gasteiger partial charge in [-0.15, -0.1) is 0 Å². The van der Waals surface area contributed by atoms with Crippen molar-refractivity contribution in [1.29, 1.82) is 0 Å². The molecule has 6 nitrogen and oxygen atoms in total. The largest absolute Gasteiger partial charge is 0.387 e. The van der Waals surface area contributed by atoms with E-state index in [4.69, 9.17) is 0 Å². The fraction of sp³-hybridized carbons (Fsp3) is 0.941. The van der Waals surface area contributed by atoms with E-state index in [0.29, 0.717) is 19.6 Å². The summed E-state index contributed by atoms with van der Waals surface area (Å²) in [6, 6.07) is 0. The van der Waals surface area contributed by atoms with Crippen LogP contribution in [-0.4, -0.2) is 78.2 Å². The Morgan fingerprint density at radius 3 is 2.68 bits per heavy atom. The maximum absolute atomic E-state index is 12.8. The Bertz CT molecular complexity index is 594. The molecule has 3 rings (SSSR count). The third-order valence-corrected chi connectivity index (χ3v) is 9.58. The molecule has 8 heteroatoms. The molecule has 3 aliphatic rings. The van der Waals surface area contributed by atoms with Crippen LogP contribution in [0, 0.1) is 0 Å². The first kappa shape index (κ1) is 19.3. The van der Waals surface area contributed by atoms with Crippen molar-refractivity contribution in [2.45, 2.75) is 55.8 Å². The molecule has 2 heterocycles. The second kappa shape index (κ2) is 7.64. The molecule has 0 aromatic heterocycles. The van der Waals surface area contributed by atoms with Gasteiger partial charge in [-0.25, -0.2) is 8.42 Å². The van der Waals surface area contributed by atoms with Gasteiger partial charge in [-0.2, -0.15) is 11.8 Å². The molecule has 2 N–H and O–H groups in total. The SMILES string of the molecule is CCNC(=NCC1(O)CCSC1)N1CCS(=O)(=O)C2(CCCCC2)C1. The van der Waals surface area contributed by atoms with E-state index in [1.54, 1.807) is 11.8 Å². The van der Waals surface area contributed by atoms with Crippen molar-refractivity contribution < 1.29 is 13.5 Å². The summed E-state index contributed by atoms with van der Waals surface area (Å²) in [5.41, 5.74) is -0.713. The first-order valence-electron chi connectivity index (χ1n) is 9.45. The van der Waals surface area contributed by atoms with Gasteiger partial charge >= 0.3 is 0 Å². The minimum absolute atomic E-state index is 0.206. The van der Waals surface area contributed by atoms with Crippen molar-refractivity contribution in [2.75, 3.05) is 43.4 Å². The van der Waals surface area contributed by atoms with Crippen molar-refractivity contribution in [3.63, 3.8) is 0 Å². The van der Waals surface area contributed by atoms with E-state index in [9.17, 15) is 13.5 Å². The lowest BCUT2D eigenvalue weighted by Gasteiger charge is -2.45. The average molecular weight is 390 g/mol. The number of rotatable bonds is 3. The molecule has 1 spiro atoms. The predicted octanol–water partition coefficient (Wildman–Crippen LogP) is 1.25. The molecule has 1 aliphatic carbocycles. The lowest BCUT2D eigenvalue weighted by Crippen LogP contribution is -2.60. The molecule has 0 aromatic rings. The van der Waals surface area contributed by atoms with Crippen LogP contribution in [0.5, 0.6) is 0 Å². The smallest absolute Gasteiger partial charge is 0.194 e. The number of aliphatic imine (C=N–C) groups is 1. The highest BCUT2D eigenvalue weighted by Crippen LogP contribution is 2.38. The zero-order chi connectivity index (χ0) is 18.0. The average Bonchev–Trinajstić information content (AvgIpc) is 3.02. The van der Waals surface area contributed by atoms with E-state index in [0.717, 1.165) is 62.5 Å². The minimum Gasteiger partial charge on any atom is -0.387 e. The number of guanidine groups is 1. The normalized spacial score (nSPS) is 32.1. The number of sulfone groups is 1. The minimum atomic E-state index is -3.05. The van der Waals surface area contributed by atoms with Gasteiger partial charge in [0.15, 0.2) is 15.8 Å². The lowest BCUT2D eigenvalue weighted by atomic mass is 9.87. The van der Waals surface area contributed by atoms with Gasteiger partial charge in [0.2, 0.25) is 0 Å². The molecule has 1 unspecified atom stereocenters. The monoisotopic (exact) mass is 389 g/mol. The number of nitrogens with one attached hydrogen (secondary N) is 1. The van der Waals surface area contributed by atoms with E-state index in [-0.39, 0.29) is 5.75 Å². The van der Waals surface area contributed by atoms with Crippen molar-refractivity contribution in [3.05, 3.63) is 0 Å². The van der Waals surface area contributed by atoms with Crippen molar-refractivity contribution in [2.24, 2.45) is 4.99 Å². The van der Waals surface area contributed by atoms with Gasteiger partial charge in [0.05, 0.1) is 22.6 Å².